The molecule has 3 N–H and O–H groups in total. The molecule has 26 heavy (non-hydrogen) atoms. The Hall–Kier alpha value is -3.23. The second-order valence-corrected chi connectivity index (χ2v) is 5.13. The molecule has 0 spiro atoms. The predicted octanol–water partition coefficient (Wildman–Crippen LogP) is 2.47. The van der Waals surface area contributed by atoms with Gasteiger partial charge < -0.3 is 10.1 Å². The van der Waals surface area contributed by atoms with Crippen LogP contribution < -0.4 is 20.9 Å². The summed E-state index contributed by atoms with van der Waals surface area (Å²) in [5, 5.41) is 3.02. The van der Waals surface area contributed by atoms with Crippen molar-refractivity contribution in [3.63, 3.8) is 0 Å². The zero-order chi connectivity index (χ0) is 19.1. The van der Waals surface area contributed by atoms with Crippen LogP contribution in [0.3, 0.4) is 0 Å². The largest absolute Gasteiger partial charge is 0.497 e. The predicted molar refractivity (Wildman–Crippen MR) is 88.3 cm³/mol. The van der Waals surface area contributed by atoms with Gasteiger partial charge >= 0.3 is 12.3 Å². The summed E-state index contributed by atoms with van der Waals surface area (Å²) >= 11 is 0. The molecule has 2 aromatic carbocycles. The molecule has 2 amide bonds. The molecule has 0 unspecified atom stereocenters. The number of hydrogen-bond donors (Lipinski definition) is 3. The van der Waals surface area contributed by atoms with Crippen LogP contribution in [0.25, 0.3) is 0 Å². The maximum atomic E-state index is 14.1. The third-order valence-electron chi connectivity index (χ3n) is 3.39. The molecule has 0 radical (unpaired) electrons. The van der Waals surface area contributed by atoms with Gasteiger partial charge in [0.2, 0.25) is 0 Å². The van der Waals surface area contributed by atoms with Crippen molar-refractivity contribution in [2.45, 2.75) is 13.0 Å². The number of carbonyl (C=O) groups is 2. The van der Waals surface area contributed by atoms with E-state index in [1.807, 2.05) is 0 Å². The molecular weight excluding hydrogens is 351 g/mol. The van der Waals surface area contributed by atoms with Gasteiger partial charge in [0, 0.05) is 23.4 Å². The van der Waals surface area contributed by atoms with Crippen molar-refractivity contribution in [2.75, 3.05) is 12.4 Å². The Balaban J connectivity index is 1.95. The van der Waals surface area contributed by atoms with Crippen molar-refractivity contribution in [3.05, 3.63) is 59.4 Å². The molecule has 0 saturated heterocycles. The van der Waals surface area contributed by atoms with E-state index in [1.165, 1.54) is 17.6 Å². The van der Waals surface area contributed by atoms with Crippen molar-refractivity contribution in [2.24, 2.45) is 0 Å². The summed E-state index contributed by atoms with van der Waals surface area (Å²) in [4.78, 5) is 22.4. The van der Waals surface area contributed by atoms with Crippen molar-refractivity contribution >= 4 is 17.5 Å². The van der Waals surface area contributed by atoms with E-state index in [9.17, 15) is 22.8 Å². The van der Waals surface area contributed by atoms with Gasteiger partial charge in [0.1, 0.15) is 11.6 Å². The van der Waals surface area contributed by atoms with Crippen LogP contribution in [0.2, 0.25) is 0 Å². The molecule has 0 aliphatic carbocycles. The summed E-state index contributed by atoms with van der Waals surface area (Å²) in [6.45, 7) is 0.169. The molecule has 6 nitrogen and oxygen atoms in total. The summed E-state index contributed by atoms with van der Waals surface area (Å²) in [6.07, 6.45) is -3.27. The quantitative estimate of drug-likeness (QED) is 0.686. The topological polar surface area (TPSA) is 79.5 Å². The van der Waals surface area contributed by atoms with Gasteiger partial charge in [-0.15, -0.1) is 0 Å². The number of rotatable bonds is 6. The molecule has 0 aliphatic rings. The number of amides is 2. The van der Waals surface area contributed by atoms with Gasteiger partial charge in [0.25, 0.3) is 5.91 Å². The number of halogens is 3. The van der Waals surface area contributed by atoms with E-state index in [1.54, 1.807) is 36.8 Å². The lowest BCUT2D eigenvalue weighted by molar-refractivity contribution is -0.132. The van der Waals surface area contributed by atoms with Crippen LogP contribution in [-0.2, 0) is 11.3 Å². The third-order valence-corrected chi connectivity index (χ3v) is 3.39. The minimum atomic E-state index is -3.27. The van der Waals surface area contributed by atoms with Gasteiger partial charge in [0.05, 0.1) is 7.11 Å². The Kier molecular flexibility index (Phi) is 6.42. The Morgan fingerprint density at radius 2 is 1.77 bits per heavy atom. The molecule has 0 aromatic heterocycles. The van der Waals surface area contributed by atoms with E-state index in [4.69, 9.17) is 4.74 Å². The normalized spacial score (nSPS) is 10.3. The molecule has 0 aliphatic heterocycles. The maximum Gasteiger partial charge on any atom is 0.317 e. The maximum absolute atomic E-state index is 14.1. The Labute approximate surface area is 147 Å². The zero-order valence-electron chi connectivity index (χ0n) is 13.7. The average Bonchev–Trinajstić information content (AvgIpc) is 2.65. The second-order valence-electron chi connectivity index (χ2n) is 5.13. The van der Waals surface area contributed by atoms with Gasteiger partial charge in [-0.05, 0) is 36.4 Å². The smallest absolute Gasteiger partial charge is 0.317 e. The molecule has 9 heteroatoms. The monoisotopic (exact) mass is 367 g/mol. The van der Waals surface area contributed by atoms with Crippen molar-refractivity contribution < 1.29 is 27.5 Å². The first-order valence-electron chi connectivity index (χ1n) is 7.45. The van der Waals surface area contributed by atoms with E-state index in [-0.39, 0.29) is 12.1 Å². The molecule has 2 rings (SSSR count). The van der Waals surface area contributed by atoms with Crippen LogP contribution in [0.4, 0.5) is 18.9 Å². The fourth-order valence-corrected chi connectivity index (χ4v) is 1.98. The SMILES string of the molecule is COc1ccc(NCc2ccc(C(=O)NNC(=O)C(F)F)cc2F)cc1. The lowest BCUT2D eigenvalue weighted by Crippen LogP contribution is -2.44. The standard InChI is InChI=1S/C17H16F3N3O3/c1-26-13-6-4-12(5-7-13)21-9-11-3-2-10(8-14(11)18)16(24)22-23-17(25)15(19)20/h2-8,15,21H,9H2,1H3,(H,22,24)(H,23,25). The first-order chi connectivity index (χ1) is 12.4. The van der Waals surface area contributed by atoms with E-state index >= 15 is 0 Å². The summed E-state index contributed by atoms with van der Waals surface area (Å²) in [7, 11) is 1.55. The summed E-state index contributed by atoms with van der Waals surface area (Å²) in [5.74, 6) is -2.53. The molecule has 2 aromatic rings. The number of nitrogens with one attached hydrogen (secondary N) is 3. The van der Waals surface area contributed by atoms with E-state index in [0.717, 1.165) is 11.8 Å². The van der Waals surface area contributed by atoms with Crippen molar-refractivity contribution in [1.29, 1.82) is 0 Å². The first kappa shape index (κ1) is 19.1. The number of methoxy groups -OCH3 is 1. The van der Waals surface area contributed by atoms with Crippen LogP contribution >= 0.6 is 0 Å². The number of carbonyl (C=O) groups excluding carboxylic acids is 2. The van der Waals surface area contributed by atoms with Crippen LogP contribution in [0, 0.1) is 5.82 Å². The van der Waals surface area contributed by atoms with E-state index in [2.05, 4.69) is 5.32 Å². The highest BCUT2D eigenvalue weighted by Gasteiger charge is 2.16. The fourth-order valence-electron chi connectivity index (χ4n) is 1.98. The lowest BCUT2D eigenvalue weighted by Gasteiger charge is -2.10. The highest BCUT2D eigenvalue weighted by atomic mass is 19.3. The zero-order valence-corrected chi connectivity index (χ0v) is 13.7. The Morgan fingerprint density at radius 1 is 1.08 bits per heavy atom. The number of ether oxygens (including phenoxy) is 1. The van der Waals surface area contributed by atoms with Gasteiger partial charge in [-0.1, -0.05) is 6.07 Å². The number of alkyl halides is 2. The third kappa shape index (κ3) is 5.13. The van der Waals surface area contributed by atoms with Crippen LogP contribution in [0.5, 0.6) is 5.75 Å². The van der Waals surface area contributed by atoms with Gasteiger partial charge in [-0.25, -0.2) is 4.39 Å². The highest BCUT2D eigenvalue weighted by molar-refractivity contribution is 5.95. The van der Waals surface area contributed by atoms with Crippen LogP contribution in [-0.4, -0.2) is 25.3 Å². The minimum Gasteiger partial charge on any atom is -0.497 e. The van der Waals surface area contributed by atoms with E-state index < -0.39 is 24.1 Å². The molecule has 138 valence electrons. The number of hydrazine groups is 1. The average molecular weight is 367 g/mol. The van der Waals surface area contributed by atoms with Gasteiger partial charge in [-0.2, -0.15) is 8.78 Å². The van der Waals surface area contributed by atoms with E-state index in [0.29, 0.717) is 11.3 Å². The molecule has 0 fully saturated rings. The molecular formula is C17H16F3N3O3. The summed E-state index contributed by atoms with van der Waals surface area (Å²) in [5.41, 5.74) is 4.25. The lowest BCUT2D eigenvalue weighted by atomic mass is 10.1. The van der Waals surface area contributed by atoms with Crippen molar-refractivity contribution in [3.8, 4) is 5.75 Å². The first-order valence-corrected chi connectivity index (χ1v) is 7.45. The van der Waals surface area contributed by atoms with Crippen LogP contribution in [0.1, 0.15) is 15.9 Å². The van der Waals surface area contributed by atoms with Crippen LogP contribution in [0.15, 0.2) is 42.5 Å². The number of hydrogen-bond acceptors (Lipinski definition) is 4. The molecule has 0 bridgehead atoms. The second kappa shape index (κ2) is 8.75. The highest BCUT2D eigenvalue weighted by Crippen LogP contribution is 2.17. The fraction of sp³-hybridized carbons (Fsp3) is 0.176. The number of benzene rings is 2. The number of anilines is 1. The van der Waals surface area contributed by atoms with Crippen molar-refractivity contribution in [1.82, 2.24) is 10.9 Å². The summed E-state index contributed by atoms with van der Waals surface area (Å²) < 4.78 is 43.2. The molecule has 0 heterocycles. The molecule has 0 saturated carbocycles. The molecule has 0 atom stereocenters. The Morgan fingerprint density at radius 3 is 2.35 bits per heavy atom. The van der Waals surface area contributed by atoms with Gasteiger partial charge in [0.15, 0.2) is 0 Å². The summed E-state index contributed by atoms with van der Waals surface area (Å²) in [6, 6.07) is 10.7. The van der Waals surface area contributed by atoms with Gasteiger partial charge in [-0.3, -0.25) is 20.4 Å². The Bertz CT molecular complexity index is 783. The minimum absolute atomic E-state index is 0.120.